The first-order valence-electron chi connectivity index (χ1n) is 7.21. The van der Waals surface area contributed by atoms with E-state index in [2.05, 4.69) is 21.2 Å². The van der Waals surface area contributed by atoms with Crippen molar-refractivity contribution in [2.75, 3.05) is 13.7 Å². The second-order valence-electron chi connectivity index (χ2n) is 4.88. The van der Waals surface area contributed by atoms with E-state index in [0.29, 0.717) is 35.2 Å². The van der Waals surface area contributed by atoms with E-state index in [-0.39, 0.29) is 12.4 Å². The van der Waals surface area contributed by atoms with Gasteiger partial charge in [0.1, 0.15) is 12.4 Å². The summed E-state index contributed by atoms with van der Waals surface area (Å²) < 4.78 is 25.5. The third kappa shape index (κ3) is 4.83. The summed E-state index contributed by atoms with van der Waals surface area (Å²) in [5, 5.41) is 3.45. The lowest BCUT2D eigenvalue weighted by Crippen LogP contribution is -2.07. The average Bonchev–Trinajstić information content (AvgIpc) is 2.50. The topological polar surface area (TPSA) is 30.5 Å². The van der Waals surface area contributed by atoms with Crippen LogP contribution in [-0.2, 0) is 13.2 Å². The SMILES string of the molecule is CCOc1cc(CNC)c(Br)cc1OCc1ccc(F)cc1Cl. The van der Waals surface area contributed by atoms with Crippen LogP contribution in [0.3, 0.4) is 0 Å². The minimum Gasteiger partial charge on any atom is -0.490 e. The highest BCUT2D eigenvalue weighted by Gasteiger charge is 2.12. The Balaban J connectivity index is 2.22. The quantitative estimate of drug-likeness (QED) is 0.711. The first-order valence-corrected chi connectivity index (χ1v) is 8.38. The Kier molecular flexibility index (Phi) is 6.69. The highest BCUT2D eigenvalue weighted by molar-refractivity contribution is 9.10. The van der Waals surface area contributed by atoms with E-state index in [1.807, 2.05) is 26.1 Å². The maximum atomic E-state index is 13.1. The second kappa shape index (κ2) is 8.52. The highest BCUT2D eigenvalue weighted by Crippen LogP contribution is 2.34. The Bertz CT molecular complexity index is 682. The first-order chi connectivity index (χ1) is 11.0. The van der Waals surface area contributed by atoms with Crippen LogP contribution < -0.4 is 14.8 Å². The fraction of sp³-hybridized carbons (Fsp3) is 0.294. The van der Waals surface area contributed by atoms with Crippen LogP contribution in [0.2, 0.25) is 5.02 Å². The van der Waals surface area contributed by atoms with Gasteiger partial charge in [0.2, 0.25) is 0 Å². The van der Waals surface area contributed by atoms with Gasteiger partial charge in [-0.15, -0.1) is 0 Å². The smallest absolute Gasteiger partial charge is 0.162 e. The third-order valence-electron chi connectivity index (χ3n) is 3.18. The molecule has 2 aromatic carbocycles. The van der Waals surface area contributed by atoms with Gasteiger partial charge >= 0.3 is 0 Å². The summed E-state index contributed by atoms with van der Waals surface area (Å²) in [5.41, 5.74) is 1.79. The number of hydrogen-bond donors (Lipinski definition) is 1. The Morgan fingerprint density at radius 3 is 2.52 bits per heavy atom. The normalized spacial score (nSPS) is 10.7. The van der Waals surface area contributed by atoms with Crippen molar-refractivity contribution < 1.29 is 13.9 Å². The van der Waals surface area contributed by atoms with Gasteiger partial charge in [-0.2, -0.15) is 0 Å². The van der Waals surface area contributed by atoms with Crippen molar-refractivity contribution in [1.29, 1.82) is 0 Å². The zero-order chi connectivity index (χ0) is 16.8. The van der Waals surface area contributed by atoms with E-state index in [1.54, 1.807) is 6.07 Å². The van der Waals surface area contributed by atoms with Gasteiger partial charge in [-0.25, -0.2) is 4.39 Å². The van der Waals surface area contributed by atoms with Gasteiger partial charge < -0.3 is 14.8 Å². The summed E-state index contributed by atoms with van der Waals surface area (Å²) in [6.07, 6.45) is 0. The number of nitrogens with one attached hydrogen (secondary N) is 1. The van der Waals surface area contributed by atoms with E-state index < -0.39 is 0 Å². The predicted molar refractivity (Wildman–Crippen MR) is 93.8 cm³/mol. The molecule has 0 aromatic heterocycles. The van der Waals surface area contributed by atoms with Crippen molar-refractivity contribution in [3.05, 3.63) is 56.8 Å². The maximum absolute atomic E-state index is 13.1. The summed E-state index contributed by atoms with van der Waals surface area (Å²) in [4.78, 5) is 0. The number of halogens is 3. The van der Waals surface area contributed by atoms with Crippen molar-refractivity contribution in [3.8, 4) is 11.5 Å². The minimum absolute atomic E-state index is 0.233. The van der Waals surface area contributed by atoms with Gasteiger partial charge in [0.15, 0.2) is 11.5 Å². The van der Waals surface area contributed by atoms with Crippen LogP contribution in [0.1, 0.15) is 18.1 Å². The Hall–Kier alpha value is -1.30. The minimum atomic E-state index is -0.368. The van der Waals surface area contributed by atoms with E-state index in [4.69, 9.17) is 21.1 Å². The average molecular weight is 403 g/mol. The van der Waals surface area contributed by atoms with Gasteiger partial charge in [-0.3, -0.25) is 0 Å². The van der Waals surface area contributed by atoms with Gasteiger partial charge in [-0.1, -0.05) is 33.6 Å². The lowest BCUT2D eigenvalue weighted by Gasteiger charge is -2.15. The zero-order valence-electron chi connectivity index (χ0n) is 13.0. The number of benzene rings is 2. The van der Waals surface area contributed by atoms with Gasteiger partial charge in [0, 0.05) is 16.6 Å². The Labute approximate surface area is 148 Å². The molecule has 3 nitrogen and oxygen atoms in total. The van der Waals surface area contributed by atoms with Crippen molar-refractivity contribution in [3.63, 3.8) is 0 Å². The van der Waals surface area contributed by atoms with Gasteiger partial charge in [-0.05, 0) is 43.8 Å². The van der Waals surface area contributed by atoms with Crippen molar-refractivity contribution in [2.45, 2.75) is 20.1 Å². The van der Waals surface area contributed by atoms with Crippen LogP contribution in [0.25, 0.3) is 0 Å². The Morgan fingerprint density at radius 2 is 1.87 bits per heavy atom. The standard InChI is InChI=1S/C17H18BrClFNO2/c1-3-22-16-6-12(9-21-2)14(18)8-17(16)23-10-11-4-5-13(20)7-15(11)19/h4-8,21H,3,9-10H2,1-2H3. The second-order valence-corrected chi connectivity index (χ2v) is 6.14. The molecule has 0 unspecified atom stereocenters. The van der Waals surface area contributed by atoms with Crippen LogP contribution in [0.4, 0.5) is 4.39 Å². The zero-order valence-corrected chi connectivity index (χ0v) is 15.3. The van der Waals surface area contributed by atoms with Crippen molar-refractivity contribution in [2.24, 2.45) is 0 Å². The Morgan fingerprint density at radius 1 is 1.13 bits per heavy atom. The summed E-state index contributed by atoms with van der Waals surface area (Å²) >= 11 is 9.56. The molecular weight excluding hydrogens is 385 g/mol. The summed E-state index contributed by atoms with van der Waals surface area (Å²) in [5.74, 6) is 0.908. The van der Waals surface area contributed by atoms with Crippen molar-refractivity contribution >= 4 is 27.5 Å². The molecule has 0 spiro atoms. The fourth-order valence-corrected chi connectivity index (χ4v) is 2.76. The van der Waals surface area contributed by atoms with Crippen LogP contribution in [0, 0.1) is 5.82 Å². The number of rotatable bonds is 7. The molecular formula is C17H18BrClFNO2. The van der Waals surface area contributed by atoms with Crippen LogP contribution in [-0.4, -0.2) is 13.7 Å². The van der Waals surface area contributed by atoms with E-state index in [9.17, 15) is 4.39 Å². The molecule has 0 heterocycles. The molecule has 0 aliphatic carbocycles. The molecule has 124 valence electrons. The van der Waals surface area contributed by atoms with E-state index in [0.717, 1.165) is 10.0 Å². The molecule has 0 radical (unpaired) electrons. The summed E-state index contributed by atoms with van der Waals surface area (Å²) in [6, 6.07) is 8.05. The molecule has 0 amide bonds. The van der Waals surface area contributed by atoms with Crippen LogP contribution in [0.15, 0.2) is 34.8 Å². The van der Waals surface area contributed by atoms with E-state index >= 15 is 0 Å². The molecule has 1 N–H and O–H groups in total. The van der Waals surface area contributed by atoms with E-state index in [1.165, 1.54) is 12.1 Å². The summed E-state index contributed by atoms with van der Waals surface area (Å²) in [6.45, 7) is 3.40. The van der Waals surface area contributed by atoms with Gasteiger partial charge in [0.25, 0.3) is 0 Å². The monoisotopic (exact) mass is 401 g/mol. The van der Waals surface area contributed by atoms with Crippen molar-refractivity contribution in [1.82, 2.24) is 5.32 Å². The number of ether oxygens (including phenoxy) is 2. The molecule has 0 bridgehead atoms. The number of hydrogen-bond acceptors (Lipinski definition) is 3. The third-order valence-corrected chi connectivity index (χ3v) is 4.27. The van der Waals surface area contributed by atoms with Crippen LogP contribution in [0.5, 0.6) is 11.5 Å². The lowest BCUT2D eigenvalue weighted by atomic mass is 10.2. The molecule has 0 saturated heterocycles. The molecule has 23 heavy (non-hydrogen) atoms. The molecule has 0 fully saturated rings. The fourth-order valence-electron chi connectivity index (χ4n) is 2.08. The molecule has 2 aromatic rings. The summed E-state index contributed by atoms with van der Waals surface area (Å²) in [7, 11) is 1.88. The lowest BCUT2D eigenvalue weighted by molar-refractivity contribution is 0.269. The molecule has 0 aliphatic rings. The predicted octanol–water partition coefficient (Wildman–Crippen LogP) is 4.94. The molecule has 0 aliphatic heterocycles. The highest BCUT2D eigenvalue weighted by atomic mass is 79.9. The molecule has 2 rings (SSSR count). The largest absolute Gasteiger partial charge is 0.490 e. The molecule has 0 saturated carbocycles. The van der Waals surface area contributed by atoms with Crippen LogP contribution >= 0.6 is 27.5 Å². The molecule has 6 heteroatoms. The maximum Gasteiger partial charge on any atom is 0.162 e. The molecule has 0 atom stereocenters. The van der Waals surface area contributed by atoms with Gasteiger partial charge in [0.05, 0.1) is 11.6 Å². The first kappa shape index (κ1) is 18.0.